The molecule has 13 heavy (non-hydrogen) atoms. The number of carbonyl (C=O) groups is 1. The van der Waals surface area contributed by atoms with Crippen LogP contribution in [0, 0.1) is 0 Å². The first kappa shape index (κ1) is 10.3. The summed E-state index contributed by atoms with van der Waals surface area (Å²) in [5.74, 6) is -0.226. The van der Waals surface area contributed by atoms with E-state index < -0.39 is 0 Å². The first-order valence-electron chi connectivity index (χ1n) is 4.62. The smallest absolute Gasteiger partial charge is 0.302 e. The van der Waals surface area contributed by atoms with Gasteiger partial charge in [-0.2, -0.15) is 0 Å². The quantitative estimate of drug-likeness (QED) is 0.494. The molecule has 1 aliphatic rings. The average molecular weight is 184 g/mol. The molecule has 1 rings (SSSR count). The lowest BCUT2D eigenvalue weighted by Crippen LogP contribution is -2.32. The molecule has 3 nitrogen and oxygen atoms in total. The van der Waals surface area contributed by atoms with E-state index >= 15 is 0 Å². The Kier molecular flexibility index (Phi) is 3.96. The molecule has 3 heteroatoms. The number of carbonyl (C=O) groups excluding carboxylic acids is 1. The van der Waals surface area contributed by atoms with Gasteiger partial charge in [0.1, 0.15) is 6.10 Å². The van der Waals surface area contributed by atoms with Gasteiger partial charge in [0.2, 0.25) is 0 Å². The Balaban J connectivity index is 2.22. The van der Waals surface area contributed by atoms with Crippen LogP contribution in [0.4, 0.5) is 0 Å². The van der Waals surface area contributed by atoms with E-state index in [1.807, 2.05) is 6.08 Å². The summed E-state index contributed by atoms with van der Waals surface area (Å²) in [6.45, 7) is 5.61. The third-order valence-electron chi connectivity index (χ3n) is 2.09. The Morgan fingerprint density at radius 2 is 2.46 bits per heavy atom. The van der Waals surface area contributed by atoms with Crippen LogP contribution in [0.15, 0.2) is 12.7 Å². The van der Waals surface area contributed by atoms with E-state index in [0.29, 0.717) is 6.61 Å². The zero-order chi connectivity index (χ0) is 9.68. The topological polar surface area (TPSA) is 35.5 Å². The summed E-state index contributed by atoms with van der Waals surface area (Å²) in [6.07, 6.45) is 4.81. The molecule has 0 aromatic heterocycles. The van der Waals surface area contributed by atoms with Crippen LogP contribution in [0.5, 0.6) is 0 Å². The minimum atomic E-state index is -0.226. The van der Waals surface area contributed by atoms with Gasteiger partial charge in [-0.05, 0) is 19.3 Å². The lowest BCUT2D eigenvalue weighted by molar-refractivity contribution is -0.155. The second kappa shape index (κ2) is 5.02. The first-order valence-corrected chi connectivity index (χ1v) is 4.62. The third kappa shape index (κ3) is 3.59. The highest BCUT2D eigenvalue weighted by Crippen LogP contribution is 2.18. The zero-order valence-corrected chi connectivity index (χ0v) is 7.99. The Bertz CT molecular complexity index is 181. The van der Waals surface area contributed by atoms with Crippen LogP contribution in [0.3, 0.4) is 0 Å². The Morgan fingerprint density at radius 1 is 1.69 bits per heavy atom. The van der Waals surface area contributed by atoms with Crippen LogP contribution in [0.25, 0.3) is 0 Å². The number of rotatable bonds is 3. The first-order chi connectivity index (χ1) is 6.22. The molecular formula is C10H16O3. The van der Waals surface area contributed by atoms with Gasteiger partial charge in [0.05, 0.1) is 12.7 Å². The van der Waals surface area contributed by atoms with Crippen molar-refractivity contribution >= 4 is 5.97 Å². The summed E-state index contributed by atoms with van der Waals surface area (Å²) in [5, 5.41) is 0. The summed E-state index contributed by atoms with van der Waals surface area (Å²) >= 11 is 0. The number of hydrogen-bond donors (Lipinski definition) is 0. The van der Waals surface area contributed by atoms with Crippen molar-refractivity contribution in [3.05, 3.63) is 12.7 Å². The lowest BCUT2D eigenvalue weighted by atomic mass is 10.0. The summed E-state index contributed by atoms with van der Waals surface area (Å²) in [5.41, 5.74) is 0. The predicted molar refractivity (Wildman–Crippen MR) is 49.3 cm³/mol. The van der Waals surface area contributed by atoms with Crippen molar-refractivity contribution in [2.45, 2.75) is 38.4 Å². The zero-order valence-electron chi connectivity index (χ0n) is 7.99. The maximum atomic E-state index is 10.6. The summed E-state index contributed by atoms with van der Waals surface area (Å²) < 4.78 is 10.5. The van der Waals surface area contributed by atoms with Crippen LogP contribution in [0.1, 0.15) is 26.2 Å². The molecule has 1 aliphatic heterocycles. The SMILES string of the molecule is C=CCC1CCC(OC(C)=O)CO1. The fourth-order valence-electron chi connectivity index (χ4n) is 1.48. The van der Waals surface area contributed by atoms with Crippen molar-refractivity contribution < 1.29 is 14.3 Å². The number of esters is 1. The predicted octanol–water partition coefficient (Wildman–Crippen LogP) is 1.67. The molecule has 1 saturated heterocycles. The van der Waals surface area contributed by atoms with Gasteiger partial charge >= 0.3 is 5.97 Å². The fraction of sp³-hybridized carbons (Fsp3) is 0.700. The van der Waals surface area contributed by atoms with E-state index in [1.54, 1.807) is 0 Å². The van der Waals surface area contributed by atoms with Crippen LogP contribution in [0.2, 0.25) is 0 Å². The molecule has 0 bridgehead atoms. The minimum absolute atomic E-state index is 0.0430. The minimum Gasteiger partial charge on any atom is -0.460 e. The largest absolute Gasteiger partial charge is 0.460 e. The fourth-order valence-corrected chi connectivity index (χ4v) is 1.48. The molecule has 1 heterocycles. The molecule has 0 N–H and O–H groups in total. The molecule has 0 aromatic carbocycles. The Labute approximate surface area is 78.7 Å². The van der Waals surface area contributed by atoms with E-state index in [1.165, 1.54) is 6.92 Å². The summed E-state index contributed by atoms with van der Waals surface area (Å²) in [4.78, 5) is 10.6. The van der Waals surface area contributed by atoms with Gasteiger partial charge in [-0.15, -0.1) is 6.58 Å². The average Bonchev–Trinajstić information content (AvgIpc) is 2.08. The highest BCUT2D eigenvalue weighted by molar-refractivity contribution is 5.66. The van der Waals surface area contributed by atoms with Gasteiger partial charge in [0, 0.05) is 6.92 Å². The molecule has 1 fully saturated rings. The highest BCUT2D eigenvalue weighted by Gasteiger charge is 2.22. The maximum absolute atomic E-state index is 10.6. The molecular weight excluding hydrogens is 168 g/mol. The van der Waals surface area contributed by atoms with Crippen molar-refractivity contribution in [3.8, 4) is 0 Å². The van der Waals surface area contributed by atoms with Crippen LogP contribution in [-0.2, 0) is 14.3 Å². The molecule has 0 aliphatic carbocycles. The van der Waals surface area contributed by atoms with E-state index in [0.717, 1.165) is 19.3 Å². The van der Waals surface area contributed by atoms with Crippen molar-refractivity contribution in [3.63, 3.8) is 0 Å². The molecule has 0 radical (unpaired) electrons. The van der Waals surface area contributed by atoms with Gasteiger partial charge in [-0.25, -0.2) is 0 Å². The van der Waals surface area contributed by atoms with Crippen LogP contribution >= 0.6 is 0 Å². The molecule has 0 spiro atoms. The molecule has 0 saturated carbocycles. The number of hydrogen-bond acceptors (Lipinski definition) is 3. The van der Waals surface area contributed by atoms with Gasteiger partial charge in [0.15, 0.2) is 0 Å². The van der Waals surface area contributed by atoms with E-state index in [2.05, 4.69) is 6.58 Å². The van der Waals surface area contributed by atoms with Crippen molar-refractivity contribution in [1.82, 2.24) is 0 Å². The highest BCUT2D eigenvalue weighted by atomic mass is 16.6. The second-order valence-corrected chi connectivity index (χ2v) is 3.29. The third-order valence-corrected chi connectivity index (χ3v) is 2.09. The summed E-state index contributed by atoms with van der Waals surface area (Å²) in [7, 11) is 0. The summed E-state index contributed by atoms with van der Waals surface area (Å²) in [6, 6.07) is 0. The Hall–Kier alpha value is -0.830. The van der Waals surface area contributed by atoms with Crippen LogP contribution in [-0.4, -0.2) is 24.8 Å². The van der Waals surface area contributed by atoms with Gasteiger partial charge in [-0.1, -0.05) is 6.08 Å². The molecule has 2 unspecified atom stereocenters. The molecule has 2 atom stereocenters. The van der Waals surface area contributed by atoms with Gasteiger partial charge < -0.3 is 9.47 Å². The standard InChI is InChI=1S/C10H16O3/c1-3-4-9-5-6-10(7-12-9)13-8(2)11/h3,9-10H,1,4-7H2,2H3. The van der Waals surface area contributed by atoms with Crippen LogP contribution < -0.4 is 0 Å². The number of ether oxygens (including phenoxy) is 2. The van der Waals surface area contributed by atoms with Gasteiger partial charge in [0.25, 0.3) is 0 Å². The normalized spacial score (nSPS) is 28.1. The molecule has 0 aromatic rings. The van der Waals surface area contributed by atoms with Gasteiger partial charge in [-0.3, -0.25) is 4.79 Å². The van der Waals surface area contributed by atoms with E-state index in [4.69, 9.17) is 9.47 Å². The van der Waals surface area contributed by atoms with E-state index in [-0.39, 0.29) is 18.2 Å². The van der Waals surface area contributed by atoms with Crippen molar-refractivity contribution in [1.29, 1.82) is 0 Å². The monoisotopic (exact) mass is 184 g/mol. The Morgan fingerprint density at radius 3 is 2.92 bits per heavy atom. The second-order valence-electron chi connectivity index (χ2n) is 3.29. The maximum Gasteiger partial charge on any atom is 0.302 e. The molecule has 0 amide bonds. The molecule has 74 valence electrons. The van der Waals surface area contributed by atoms with Crippen molar-refractivity contribution in [2.75, 3.05) is 6.61 Å². The van der Waals surface area contributed by atoms with Crippen molar-refractivity contribution in [2.24, 2.45) is 0 Å². The lowest BCUT2D eigenvalue weighted by Gasteiger charge is -2.27. The van der Waals surface area contributed by atoms with E-state index in [9.17, 15) is 4.79 Å².